The van der Waals surface area contributed by atoms with Gasteiger partial charge in [-0.3, -0.25) is 10.1 Å². The molecule has 4 nitrogen and oxygen atoms in total. The maximum Gasteiger partial charge on any atom is 0.272 e. The highest BCUT2D eigenvalue weighted by atomic mass is 79.9. The average Bonchev–Trinajstić information content (AvgIpc) is 2.49. The molecule has 0 saturated heterocycles. The van der Waals surface area contributed by atoms with Crippen LogP contribution in [0.25, 0.3) is 0 Å². The first-order valence-electron chi connectivity index (χ1n) is 7.18. The van der Waals surface area contributed by atoms with E-state index in [0.717, 1.165) is 15.8 Å². The average molecular weight is 366 g/mol. The van der Waals surface area contributed by atoms with Crippen molar-refractivity contribution < 1.29 is 9.66 Å². The third-order valence-electron chi connectivity index (χ3n) is 2.87. The lowest BCUT2D eigenvalue weighted by Gasteiger charge is -2.07. The summed E-state index contributed by atoms with van der Waals surface area (Å²) in [5.74, 6) is 0.780. The van der Waals surface area contributed by atoms with Crippen molar-refractivity contribution in [2.45, 2.75) is 27.2 Å². The molecule has 0 fully saturated rings. The van der Waals surface area contributed by atoms with Crippen LogP contribution in [0.1, 0.15) is 25.0 Å². The minimum Gasteiger partial charge on any atom is -0.493 e. The highest BCUT2D eigenvalue weighted by Crippen LogP contribution is 2.23. The lowest BCUT2D eigenvalue weighted by molar-refractivity contribution is -0.385. The highest BCUT2D eigenvalue weighted by Gasteiger charge is 2.13. The molecule has 118 valence electrons. The number of rotatable bonds is 5. The summed E-state index contributed by atoms with van der Waals surface area (Å²) >= 11 is 3.33. The van der Waals surface area contributed by atoms with Crippen molar-refractivity contribution in [2.75, 3.05) is 6.61 Å². The predicted octanol–water partition coefficient (Wildman–Crippen LogP) is 5.31. The molecule has 0 N–H and O–H groups in total. The van der Waals surface area contributed by atoms with Gasteiger partial charge in [0.15, 0.2) is 0 Å². The summed E-state index contributed by atoms with van der Waals surface area (Å²) in [4.78, 5) is 10.6. The van der Waals surface area contributed by atoms with Crippen LogP contribution in [0.2, 0.25) is 0 Å². The molecule has 2 aromatic carbocycles. The van der Waals surface area contributed by atoms with Gasteiger partial charge in [-0.1, -0.05) is 41.9 Å². The molecule has 0 radical (unpaired) electrons. The van der Waals surface area contributed by atoms with Crippen LogP contribution < -0.4 is 4.74 Å². The summed E-state index contributed by atoms with van der Waals surface area (Å²) in [6.07, 6.45) is 0.490. The molecule has 2 aromatic rings. The van der Waals surface area contributed by atoms with Crippen LogP contribution in [0.15, 0.2) is 46.9 Å². The number of halogens is 1. The van der Waals surface area contributed by atoms with E-state index in [1.54, 1.807) is 12.1 Å². The lowest BCUT2D eigenvalue weighted by Crippen LogP contribution is -2.04. The van der Waals surface area contributed by atoms with Gasteiger partial charge in [-0.25, -0.2) is 0 Å². The second-order valence-corrected chi connectivity index (χ2v) is 5.36. The van der Waals surface area contributed by atoms with Gasteiger partial charge in [0.2, 0.25) is 0 Å². The second-order valence-electron chi connectivity index (χ2n) is 4.45. The molecule has 0 aliphatic carbocycles. The monoisotopic (exact) mass is 365 g/mol. The van der Waals surface area contributed by atoms with Crippen LogP contribution in [-0.2, 0) is 6.42 Å². The summed E-state index contributed by atoms with van der Waals surface area (Å²) < 4.78 is 6.45. The molecule has 2 rings (SSSR count). The van der Waals surface area contributed by atoms with Crippen LogP contribution in [0, 0.1) is 17.0 Å². The molecule has 0 unspecified atom stereocenters. The zero-order valence-electron chi connectivity index (χ0n) is 13.0. The van der Waals surface area contributed by atoms with Gasteiger partial charge < -0.3 is 4.74 Å². The summed E-state index contributed by atoms with van der Waals surface area (Å²) in [5, 5.41) is 11.0. The van der Waals surface area contributed by atoms with Gasteiger partial charge in [0.05, 0.1) is 11.5 Å². The second kappa shape index (κ2) is 9.20. The number of ether oxygens (including phenoxy) is 1. The quantitative estimate of drug-likeness (QED) is 0.532. The first-order chi connectivity index (χ1) is 10.6. The number of hydrogen-bond donors (Lipinski definition) is 0. The molecule has 0 amide bonds. The Hall–Kier alpha value is -1.88. The summed E-state index contributed by atoms with van der Waals surface area (Å²) in [7, 11) is 0. The van der Waals surface area contributed by atoms with Crippen molar-refractivity contribution >= 4 is 21.6 Å². The SMILES string of the molecule is CC.Cc1cccc(OCCc2cc(Br)ccc2[N+](=O)[O-])c1. The molecule has 0 aliphatic rings. The zero-order valence-corrected chi connectivity index (χ0v) is 14.6. The Morgan fingerprint density at radius 3 is 2.55 bits per heavy atom. The number of nitro groups is 1. The van der Waals surface area contributed by atoms with Crippen molar-refractivity contribution in [1.29, 1.82) is 0 Å². The number of nitrogens with zero attached hydrogens (tertiary/aromatic N) is 1. The molecule has 0 aliphatic heterocycles. The lowest BCUT2D eigenvalue weighted by atomic mass is 10.1. The fourth-order valence-corrected chi connectivity index (χ4v) is 2.32. The van der Waals surface area contributed by atoms with Crippen molar-refractivity contribution in [1.82, 2.24) is 0 Å². The number of benzene rings is 2. The Bertz CT molecular complexity index is 629. The minimum atomic E-state index is -0.367. The van der Waals surface area contributed by atoms with Crippen LogP contribution in [0.5, 0.6) is 5.75 Å². The summed E-state index contributed by atoms with van der Waals surface area (Å²) in [6, 6.07) is 12.7. The Balaban J connectivity index is 0.00000116. The van der Waals surface area contributed by atoms with Crippen molar-refractivity contribution in [3.8, 4) is 5.75 Å². The first kappa shape index (κ1) is 18.2. The number of hydrogen-bond acceptors (Lipinski definition) is 3. The van der Waals surface area contributed by atoms with Gasteiger partial charge in [-0.05, 0) is 36.8 Å². The Kier molecular flexibility index (Phi) is 7.60. The van der Waals surface area contributed by atoms with Crippen LogP contribution in [0.3, 0.4) is 0 Å². The molecule has 5 heteroatoms. The van der Waals surface area contributed by atoms with Crippen molar-refractivity contribution in [3.63, 3.8) is 0 Å². The van der Waals surface area contributed by atoms with E-state index in [0.29, 0.717) is 18.6 Å². The predicted molar refractivity (Wildman–Crippen MR) is 92.5 cm³/mol. The van der Waals surface area contributed by atoms with Gasteiger partial charge in [0.1, 0.15) is 5.75 Å². The number of aryl methyl sites for hydroxylation is 1. The van der Waals surface area contributed by atoms with E-state index in [-0.39, 0.29) is 10.6 Å². The fourth-order valence-electron chi connectivity index (χ4n) is 1.92. The van der Waals surface area contributed by atoms with E-state index in [4.69, 9.17) is 4.74 Å². The van der Waals surface area contributed by atoms with E-state index in [2.05, 4.69) is 15.9 Å². The summed E-state index contributed by atoms with van der Waals surface area (Å²) in [6.45, 7) is 6.40. The maximum atomic E-state index is 11.0. The zero-order chi connectivity index (χ0) is 16.5. The van der Waals surface area contributed by atoms with E-state index >= 15 is 0 Å². The van der Waals surface area contributed by atoms with Gasteiger partial charge in [-0.2, -0.15) is 0 Å². The topological polar surface area (TPSA) is 52.4 Å². The van der Waals surface area contributed by atoms with Crippen LogP contribution in [-0.4, -0.2) is 11.5 Å². The van der Waals surface area contributed by atoms with E-state index in [1.807, 2.05) is 45.0 Å². The van der Waals surface area contributed by atoms with Crippen LogP contribution >= 0.6 is 15.9 Å². The number of nitro benzene ring substituents is 1. The molecule has 22 heavy (non-hydrogen) atoms. The van der Waals surface area contributed by atoms with Crippen molar-refractivity contribution in [2.24, 2.45) is 0 Å². The molecule has 0 atom stereocenters. The van der Waals surface area contributed by atoms with Crippen LogP contribution in [0.4, 0.5) is 5.69 Å². The summed E-state index contributed by atoms with van der Waals surface area (Å²) in [5.41, 5.74) is 1.91. The van der Waals surface area contributed by atoms with Gasteiger partial charge in [0, 0.05) is 22.5 Å². The minimum absolute atomic E-state index is 0.126. The Morgan fingerprint density at radius 2 is 1.91 bits per heavy atom. The van der Waals surface area contributed by atoms with Gasteiger partial charge in [-0.15, -0.1) is 0 Å². The molecule has 0 spiro atoms. The first-order valence-corrected chi connectivity index (χ1v) is 7.98. The Labute approximate surface area is 139 Å². The van der Waals surface area contributed by atoms with Crippen molar-refractivity contribution in [3.05, 3.63) is 68.2 Å². The smallest absolute Gasteiger partial charge is 0.272 e. The normalized spacial score (nSPS) is 9.64. The fraction of sp³-hybridized carbons (Fsp3) is 0.294. The molecule has 0 saturated carbocycles. The van der Waals surface area contributed by atoms with E-state index < -0.39 is 0 Å². The standard InChI is InChI=1S/C15H14BrNO3.C2H6/c1-11-3-2-4-14(9-11)20-8-7-12-10-13(16)5-6-15(12)17(18)19;1-2/h2-6,9-10H,7-8H2,1H3;1-2H3. The third-order valence-corrected chi connectivity index (χ3v) is 3.36. The van der Waals surface area contributed by atoms with Gasteiger partial charge >= 0.3 is 0 Å². The molecule has 0 aromatic heterocycles. The van der Waals surface area contributed by atoms with E-state index in [9.17, 15) is 10.1 Å². The highest BCUT2D eigenvalue weighted by molar-refractivity contribution is 9.10. The molecular weight excluding hydrogens is 346 g/mol. The molecule has 0 heterocycles. The Morgan fingerprint density at radius 1 is 1.18 bits per heavy atom. The molecular formula is C17H20BrNO3. The molecule has 0 bridgehead atoms. The van der Waals surface area contributed by atoms with Gasteiger partial charge in [0.25, 0.3) is 5.69 Å². The maximum absolute atomic E-state index is 11.0. The van der Waals surface area contributed by atoms with E-state index in [1.165, 1.54) is 6.07 Å². The third kappa shape index (κ3) is 5.48. The largest absolute Gasteiger partial charge is 0.493 e.